The van der Waals surface area contributed by atoms with E-state index in [9.17, 15) is 0 Å². The number of rotatable bonds is 4. The molecule has 0 amide bonds. The van der Waals surface area contributed by atoms with E-state index in [1.807, 2.05) is 0 Å². The van der Waals surface area contributed by atoms with Crippen LogP contribution >= 0.6 is 11.3 Å². The van der Waals surface area contributed by atoms with Crippen molar-refractivity contribution in [3.05, 3.63) is 59.7 Å². The molecule has 2 nitrogen and oxygen atoms in total. The summed E-state index contributed by atoms with van der Waals surface area (Å²) in [6, 6.07) is 17.3. The van der Waals surface area contributed by atoms with Crippen LogP contribution in [0.3, 0.4) is 0 Å². The van der Waals surface area contributed by atoms with Crippen molar-refractivity contribution in [2.45, 2.75) is 26.3 Å². The summed E-state index contributed by atoms with van der Waals surface area (Å²) in [5.41, 5.74) is 3.65. The Balaban J connectivity index is 1.87. The van der Waals surface area contributed by atoms with Gasteiger partial charge in [-0.3, -0.25) is 0 Å². The molecule has 0 aliphatic heterocycles. The lowest BCUT2D eigenvalue weighted by Gasteiger charge is -2.16. The third-order valence-electron chi connectivity index (χ3n) is 3.45. The SMILES string of the molecule is CCC(Nc1nc2cc(C)ccc2s1)c1ccccc1. The Morgan fingerprint density at radius 1 is 1.15 bits per heavy atom. The lowest BCUT2D eigenvalue weighted by molar-refractivity contribution is 0.748. The summed E-state index contributed by atoms with van der Waals surface area (Å²) in [5.74, 6) is 0. The number of fused-ring (bicyclic) bond motifs is 1. The van der Waals surface area contributed by atoms with Crippen molar-refractivity contribution >= 4 is 26.7 Å². The summed E-state index contributed by atoms with van der Waals surface area (Å²) in [5, 5.41) is 4.56. The van der Waals surface area contributed by atoms with E-state index in [-0.39, 0.29) is 0 Å². The minimum absolute atomic E-state index is 0.317. The zero-order valence-corrected chi connectivity index (χ0v) is 12.6. The summed E-state index contributed by atoms with van der Waals surface area (Å²) in [7, 11) is 0. The maximum atomic E-state index is 4.69. The Morgan fingerprint density at radius 2 is 1.95 bits per heavy atom. The zero-order valence-electron chi connectivity index (χ0n) is 11.8. The van der Waals surface area contributed by atoms with Gasteiger partial charge in [-0.05, 0) is 36.6 Å². The van der Waals surface area contributed by atoms with Gasteiger partial charge in [-0.2, -0.15) is 0 Å². The van der Waals surface area contributed by atoms with Crippen LogP contribution < -0.4 is 5.32 Å². The molecule has 1 aromatic heterocycles. The molecular weight excluding hydrogens is 264 g/mol. The molecule has 0 saturated heterocycles. The van der Waals surface area contributed by atoms with Gasteiger partial charge in [-0.15, -0.1) is 0 Å². The van der Waals surface area contributed by atoms with Crippen LogP contribution in [0, 0.1) is 6.92 Å². The van der Waals surface area contributed by atoms with Crippen LogP contribution in [0.2, 0.25) is 0 Å². The van der Waals surface area contributed by atoms with E-state index < -0.39 is 0 Å². The molecule has 0 fully saturated rings. The van der Waals surface area contributed by atoms with Gasteiger partial charge in [0.25, 0.3) is 0 Å². The third-order valence-corrected chi connectivity index (χ3v) is 4.42. The van der Waals surface area contributed by atoms with Crippen LogP contribution in [0.4, 0.5) is 5.13 Å². The van der Waals surface area contributed by atoms with Crippen molar-refractivity contribution in [3.63, 3.8) is 0 Å². The Morgan fingerprint density at radius 3 is 2.70 bits per heavy atom. The summed E-state index contributed by atoms with van der Waals surface area (Å²) in [6.45, 7) is 4.30. The molecule has 3 heteroatoms. The van der Waals surface area contributed by atoms with Crippen LogP contribution in [-0.2, 0) is 0 Å². The minimum Gasteiger partial charge on any atom is -0.355 e. The number of hydrogen-bond donors (Lipinski definition) is 1. The molecular formula is C17H18N2S. The standard InChI is InChI=1S/C17H18N2S/c1-3-14(13-7-5-4-6-8-13)18-17-19-15-11-12(2)9-10-16(15)20-17/h4-11,14H,3H2,1-2H3,(H,18,19). The fraction of sp³-hybridized carbons (Fsp3) is 0.235. The molecule has 0 bridgehead atoms. The first kappa shape index (κ1) is 13.1. The van der Waals surface area contributed by atoms with E-state index in [2.05, 4.69) is 67.7 Å². The maximum absolute atomic E-state index is 4.69. The zero-order chi connectivity index (χ0) is 13.9. The largest absolute Gasteiger partial charge is 0.355 e. The number of aryl methyl sites for hydroxylation is 1. The van der Waals surface area contributed by atoms with E-state index in [0.29, 0.717) is 6.04 Å². The molecule has 1 atom stereocenters. The van der Waals surface area contributed by atoms with Gasteiger partial charge < -0.3 is 5.32 Å². The van der Waals surface area contributed by atoms with E-state index in [1.54, 1.807) is 11.3 Å². The molecule has 102 valence electrons. The van der Waals surface area contributed by atoms with Crippen molar-refractivity contribution in [2.24, 2.45) is 0 Å². The molecule has 1 unspecified atom stereocenters. The number of aromatic nitrogens is 1. The van der Waals surface area contributed by atoms with Crippen LogP contribution in [0.5, 0.6) is 0 Å². The maximum Gasteiger partial charge on any atom is 0.184 e. The van der Waals surface area contributed by atoms with Gasteiger partial charge in [-0.1, -0.05) is 54.7 Å². The predicted molar refractivity (Wildman–Crippen MR) is 87.5 cm³/mol. The van der Waals surface area contributed by atoms with E-state index >= 15 is 0 Å². The van der Waals surface area contributed by atoms with E-state index in [4.69, 9.17) is 4.98 Å². The second-order valence-corrected chi connectivity index (χ2v) is 6.04. The van der Waals surface area contributed by atoms with Crippen LogP contribution in [-0.4, -0.2) is 4.98 Å². The van der Waals surface area contributed by atoms with Gasteiger partial charge in [0.2, 0.25) is 0 Å². The highest BCUT2D eigenvalue weighted by molar-refractivity contribution is 7.22. The topological polar surface area (TPSA) is 24.9 Å². The normalized spacial score (nSPS) is 12.5. The molecule has 2 aromatic carbocycles. The average molecular weight is 282 g/mol. The summed E-state index contributed by atoms with van der Waals surface area (Å²) >= 11 is 1.72. The summed E-state index contributed by atoms with van der Waals surface area (Å²) in [4.78, 5) is 4.69. The number of benzene rings is 2. The molecule has 0 aliphatic rings. The highest BCUT2D eigenvalue weighted by atomic mass is 32.1. The fourth-order valence-corrected chi connectivity index (χ4v) is 3.25. The number of nitrogens with zero attached hydrogens (tertiary/aromatic N) is 1. The molecule has 0 radical (unpaired) electrons. The first-order chi connectivity index (χ1) is 9.76. The second-order valence-electron chi connectivity index (χ2n) is 5.01. The second kappa shape index (κ2) is 5.63. The highest BCUT2D eigenvalue weighted by Crippen LogP contribution is 2.30. The third kappa shape index (κ3) is 2.68. The number of thiazole rings is 1. The van der Waals surface area contributed by atoms with Crippen LogP contribution in [0.15, 0.2) is 48.5 Å². The summed E-state index contributed by atoms with van der Waals surface area (Å²) in [6.07, 6.45) is 1.04. The molecule has 0 saturated carbocycles. The molecule has 1 N–H and O–H groups in total. The van der Waals surface area contributed by atoms with Gasteiger partial charge in [0.15, 0.2) is 5.13 Å². The van der Waals surface area contributed by atoms with Gasteiger partial charge in [0.1, 0.15) is 0 Å². The first-order valence-corrected chi connectivity index (χ1v) is 7.76. The van der Waals surface area contributed by atoms with Crippen LogP contribution in [0.25, 0.3) is 10.2 Å². The monoisotopic (exact) mass is 282 g/mol. The van der Waals surface area contributed by atoms with Gasteiger partial charge in [0.05, 0.1) is 16.3 Å². The smallest absolute Gasteiger partial charge is 0.184 e. The van der Waals surface area contributed by atoms with Gasteiger partial charge >= 0.3 is 0 Å². The predicted octanol–water partition coefficient (Wildman–Crippen LogP) is 5.17. The molecule has 0 spiro atoms. The average Bonchev–Trinajstić information content (AvgIpc) is 2.87. The highest BCUT2D eigenvalue weighted by Gasteiger charge is 2.11. The Labute approximate surface area is 123 Å². The Bertz CT molecular complexity index is 703. The van der Waals surface area contributed by atoms with Gasteiger partial charge in [0, 0.05) is 0 Å². The minimum atomic E-state index is 0.317. The van der Waals surface area contributed by atoms with Crippen LogP contribution in [0.1, 0.15) is 30.5 Å². The van der Waals surface area contributed by atoms with Crippen molar-refractivity contribution in [1.29, 1.82) is 0 Å². The van der Waals surface area contributed by atoms with Crippen molar-refractivity contribution in [2.75, 3.05) is 5.32 Å². The molecule has 3 aromatic rings. The lowest BCUT2D eigenvalue weighted by Crippen LogP contribution is -2.09. The molecule has 0 aliphatic carbocycles. The number of hydrogen-bond acceptors (Lipinski definition) is 3. The van der Waals surface area contributed by atoms with Gasteiger partial charge in [-0.25, -0.2) is 4.98 Å². The quantitative estimate of drug-likeness (QED) is 0.714. The van der Waals surface area contributed by atoms with Crippen molar-refractivity contribution < 1.29 is 0 Å². The first-order valence-electron chi connectivity index (χ1n) is 6.95. The van der Waals surface area contributed by atoms with E-state index in [1.165, 1.54) is 15.8 Å². The fourth-order valence-electron chi connectivity index (χ4n) is 2.35. The Kier molecular flexibility index (Phi) is 3.70. The van der Waals surface area contributed by atoms with Crippen molar-refractivity contribution in [1.82, 2.24) is 4.98 Å². The van der Waals surface area contributed by atoms with E-state index in [0.717, 1.165) is 17.1 Å². The van der Waals surface area contributed by atoms with Crippen molar-refractivity contribution in [3.8, 4) is 0 Å². The molecule has 1 heterocycles. The number of nitrogens with one attached hydrogen (secondary N) is 1. The molecule has 20 heavy (non-hydrogen) atoms. The molecule has 3 rings (SSSR count). The Hall–Kier alpha value is -1.87. The summed E-state index contributed by atoms with van der Waals surface area (Å²) < 4.78 is 1.24. The lowest BCUT2D eigenvalue weighted by atomic mass is 10.1. The number of anilines is 1.